The second kappa shape index (κ2) is 8.28. The molecule has 1 rings (SSSR count). The lowest BCUT2D eigenvalue weighted by molar-refractivity contribution is -0.131. The van der Waals surface area contributed by atoms with Crippen molar-refractivity contribution in [2.75, 3.05) is 33.8 Å². The van der Waals surface area contributed by atoms with Crippen LogP contribution in [0.25, 0.3) is 0 Å². The smallest absolute Gasteiger partial charge is 0.236 e. The number of carbonyl (C=O) groups excluding carboxylic acids is 1. The maximum absolute atomic E-state index is 12.0. The second-order valence-corrected chi connectivity index (χ2v) is 4.88. The van der Waals surface area contributed by atoms with Gasteiger partial charge < -0.3 is 9.64 Å². The number of nitriles is 1. The number of carbonyl (C=O) groups is 1. The van der Waals surface area contributed by atoms with Crippen molar-refractivity contribution in [3.05, 3.63) is 29.3 Å². The van der Waals surface area contributed by atoms with Crippen LogP contribution in [0.4, 0.5) is 0 Å². The third-order valence-electron chi connectivity index (χ3n) is 3.36. The molecule has 5 nitrogen and oxygen atoms in total. The summed E-state index contributed by atoms with van der Waals surface area (Å²) < 4.78 is 5.12. The van der Waals surface area contributed by atoms with Crippen molar-refractivity contribution in [1.29, 1.82) is 5.26 Å². The Kier molecular flexibility index (Phi) is 6.70. The van der Waals surface area contributed by atoms with Gasteiger partial charge in [0.2, 0.25) is 5.91 Å². The van der Waals surface area contributed by atoms with Gasteiger partial charge in [-0.15, -0.1) is 0 Å². The van der Waals surface area contributed by atoms with Crippen LogP contribution in [-0.2, 0) is 11.3 Å². The number of amides is 1. The molecule has 1 aromatic carbocycles. The van der Waals surface area contributed by atoms with Crippen molar-refractivity contribution < 1.29 is 9.53 Å². The fourth-order valence-corrected chi connectivity index (χ4v) is 2.22. The molecule has 0 unspecified atom stereocenters. The summed E-state index contributed by atoms with van der Waals surface area (Å²) in [7, 11) is 3.45. The molecule has 1 amide bonds. The normalized spacial score (nSPS) is 10.3. The van der Waals surface area contributed by atoms with Crippen LogP contribution in [0.2, 0.25) is 0 Å². The van der Waals surface area contributed by atoms with Crippen molar-refractivity contribution in [3.63, 3.8) is 0 Å². The molecule has 0 fully saturated rings. The van der Waals surface area contributed by atoms with Gasteiger partial charge in [-0.3, -0.25) is 9.69 Å². The predicted octanol–water partition coefficient (Wildman–Crippen LogP) is 1.87. The first-order valence-corrected chi connectivity index (χ1v) is 7.09. The standard InChI is InChI=1S/C16H23N3O2/c1-5-19(6-2)16(20)12-18(3)11-13-7-8-15(21-4)14(9-13)10-17/h7-9H,5-6,11-12H2,1-4H3. The summed E-state index contributed by atoms with van der Waals surface area (Å²) in [5.41, 5.74) is 1.50. The van der Waals surface area contributed by atoms with E-state index >= 15 is 0 Å². The SMILES string of the molecule is CCN(CC)C(=O)CN(C)Cc1ccc(OC)c(C#N)c1. The number of nitrogens with zero attached hydrogens (tertiary/aromatic N) is 3. The third-order valence-corrected chi connectivity index (χ3v) is 3.36. The Hall–Kier alpha value is -2.06. The zero-order valence-electron chi connectivity index (χ0n) is 13.2. The number of benzene rings is 1. The second-order valence-electron chi connectivity index (χ2n) is 4.88. The van der Waals surface area contributed by atoms with Crippen molar-refractivity contribution in [1.82, 2.24) is 9.80 Å². The van der Waals surface area contributed by atoms with E-state index < -0.39 is 0 Å². The van der Waals surface area contributed by atoms with Crippen LogP contribution < -0.4 is 4.74 Å². The van der Waals surface area contributed by atoms with E-state index in [0.29, 0.717) is 24.4 Å². The molecule has 0 aromatic heterocycles. The van der Waals surface area contributed by atoms with E-state index in [1.54, 1.807) is 19.2 Å². The lowest BCUT2D eigenvalue weighted by Crippen LogP contribution is -2.38. The largest absolute Gasteiger partial charge is 0.495 e. The Labute approximate surface area is 126 Å². The average Bonchev–Trinajstić information content (AvgIpc) is 2.48. The topological polar surface area (TPSA) is 56.6 Å². The Morgan fingerprint density at radius 3 is 2.52 bits per heavy atom. The van der Waals surface area contributed by atoms with E-state index in [1.807, 2.05) is 36.8 Å². The van der Waals surface area contributed by atoms with E-state index in [1.165, 1.54) is 0 Å². The predicted molar refractivity (Wildman–Crippen MR) is 82.0 cm³/mol. The molecule has 21 heavy (non-hydrogen) atoms. The third kappa shape index (κ3) is 4.76. The summed E-state index contributed by atoms with van der Waals surface area (Å²) in [6.45, 7) is 6.39. The molecule has 0 bridgehead atoms. The Bertz CT molecular complexity index is 519. The first-order chi connectivity index (χ1) is 10.0. The molecule has 0 aliphatic rings. The number of hydrogen-bond acceptors (Lipinski definition) is 4. The first kappa shape index (κ1) is 17.0. The highest BCUT2D eigenvalue weighted by Crippen LogP contribution is 2.19. The maximum Gasteiger partial charge on any atom is 0.236 e. The van der Waals surface area contributed by atoms with Crippen LogP contribution in [-0.4, -0.2) is 49.5 Å². The Morgan fingerprint density at radius 1 is 1.33 bits per heavy atom. The fraction of sp³-hybridized carbons (Fsp3) is 0.500. The lowest BCUT2D eigenvalue weighted by Gasteiger charge is -2.23. The molecule has 5 heteroatoms. The van der Waals surface area contributed by atoms with Crippen molar-refractivity contribution in [2.45, 2.75) is 20.4 Å². The van der Waals surface area contributed by atoms with Crippen LogP contribution in [0.1, 0.15) is 25.0 Å². The van der Waals surface area contributed by atoms with Gasteiger partial charge in [0.25, 0.3) is 0 Å². The maximum atomic E-state index is 12.0. The van der Waals surface area contributed by atoms with Gasteiger partial charge in [-0.05, 0) is 38.6 Å². The highest BCUT2D eigenvalue weighted by molar-refractivity contribution is 5.78. The molecule has 0 spiro atoms. The van der Waals surface area contributed by atoms with E-state index in [2.05, 4.69) is 6.07 Å². The van der Waals surface area contributed by atoms with Crippen LogP contribution in [0.3, 0.4) is 0 Å². The van der Waals surface area contributed by atoms with Crippen LogP contribution >= 0.6 is 0 Å². The van der Waals surface area contributed by atoms with Gasteiger partial charge in [0, 0.05) is 19.6 Å². The zero-order valence-corrected chi connectivity index (χ0v) is 13.2. The van der Waals surface area contributed by atoms with Gasteiger partial charge in [-0.1, -0.05) is 6.07 Å². The monoisotopic (exact) mass is 289 g/mol. The molecule has 1 aromatic rings. The molecule has 0 heterocycles. The quantitative estimate of drug-likeness (QED) is 0.769. The fourth-order valence-electron chi connectivity index (χ4n) is 2.22. The van der Waals surface area contributed by atoms with Crippen molar-refractivity contribution in [2.24, 2.45) is 0 Å². The number of rotatable bonds is 7. The number of hydrogen-bond donors (Lipinski definition) is 0. The van der Waals surface area contributed by atoms with Gasteiger partial charge in [-0.2, -0.15) is 5.26 Å². The van der Waals surface area contributed by atoms with Gasteiger partial charge in [0.15, 0.2) is 0 Å². The zero-order chi connectivity index (χ0) is 15.8. The summed E-state index contributed by atoms with van der Waals surface area (Å²) in [4.78, 5) is 15.8. The van der Waals surface area contributed by atoms with Gasteiger partial charge in [0.05, 0.1) is 19.2 Å². The average molecular weight is 289 g/mol. The summed E-state index contributed by atoms with van der Waals surface area (Å²) in [5, 5.41) is 9.09. The molecule has 0 radical (unpaired) electrons. The highest BCUT2D eigenvalue weighted by Gasteiger charge is 2.13. The minimum atomic E-state index is 0.122. The summed E-state index contributed by atoms with van der Waals surface area (Å²) >= 11 is 0. The van der Waals surface area contributed by atoms with E-state index in [4.69, 9.17) is 10.00 Å². The molecular formula is C16H23N3O2. The first-order valence-electron chi connectivity index (χ1n) is 7.09. The Balaban J connectivity index is 2.69. The van der Waals surface area contributed by atoms with Crippen LogP contribution in [0.5, 0.6) is 5.75 Å². The molecule has 0 N–H and O–H groups in total. The van der Waals surface area contributed by atoms with Gasteiger partial charge in [0.1, 0.15) is 11.8 Å². The van der Waals surface area contributed by atoms with E-state index in [-0.39, 0.29) is 5.91 Å². The minimum absolute atomic E-state index is 0.122. The van der Waals surface area contributed by atoms with Gasteiger partial charge in [-0.25, -0.2) is 0 Å². The highest BCUT2D eigenvalue weighted by atomic mass is 16.5. The number of likely N-dealkylation sites (N-methyl/N-ethyl adjacent to an activating group) is 2. The van der Waals surface area contributed by atoms with Crippen LogP contribution in [0.15, 0.2) is 18.2 Å². The van der Waals surface area contributed by atoms with Gasteiger partial charge >= 0.3 is 0 Å². The molecule has 0 saturated heterocycles. The minimum Gasteiger partial charge on any atom is -0.495 e. The van der Waals surface area contributed by atoms with E-state index in [9.17, 15) is 4.79 Å². The molecule has 0 aliphatic carbocycles. The summed E-state index contributed by atoms with van der Waals surface area (Å²) in [6.07, 6.45) is 0. The Morgan fingerprint density at radius 2 is 2.00 bits per heavy atom. The molecule has 0 saturated carbocycles. The van der Waals surface area contributed by atoms with E-state index in [0.717, 1.165) is 18.7 Å². The number of ether oxygens (including phenoxy) is 1. The number of methoxy groups -OCH3 is 1. The summed E-state index contributed by atoms with van der Waals surface area (Å²) in [5.74, 6) is 0.694. The lowest BCUT2D eigenvalue weighted by atomic mass is 10.1. The van der Waals surface area contributed by atoms with Crippen molar-refractivity contribution in [3.8, 4) is 11.8 Å². The molecular weight excluding hydrogens is 266 g/mol. The summed E-state index contributed by atoms with van der Waals surface area (Å²) in [6, 6.07) is 7.62. The van der Waals surface area contributed by atoms with Crippen LogP contribution in [0, 0.1) is 11.3 Å². The molecule has 0 atom stereocenters. The molecule has 114 valence electrons. The molecule has 0 aliphatic heterocycles. The van der Waals surface area contributed by atoms with Crippen molar-refractivity contribution >= 4 is 5.91 Å².